The Kier molecular flexibility index (Phi) is 4.11. The van der Waals surface area contributed by atoms with Crippen LogP contribution in [0.4, 0.5) is 8.78 Å². The van der Waals surface area contributed by atoms with Crippen LogP contribution in [0.3, 0.4) is 0 Å². The average molecular weight is 239 g/mol. The zero-order valence-corrected chi connectivity index (χ0v) is 10.2. The highest BCUT2D eigenvalue weighted by Crippen LogP contribution is 2.20. The van der Waals surface area contributed by atoms with Crippen molar-refractivity contribution in [2.75, 3.05) is 6.54 Å². The van der Waals surface area contributed by atoms with Crippen molar-refractivity contribution in [1.82, 2.24) is 5.32 Å². The zero-order chi connectivity index (χ0) is 12.3. The summed E-state index contributed by atoms with van der Waals surface area (Å²) in [5, 5.41) is 3.43. The van der Waals surface area contributed by atoms with Crippen molar-refractivity contribution in [1.29, 1.82) is 0 Å². The van der Waals surface area contributed by atoms with Gasteiger partial charge in [-0.1, -0.05) is 6.92 Å². The Hall–Kier alpha value is -0.960. The van der Waals surface area contributed by atoms with Gasteiger partial charge in [-0.2, -0.15) is 0 Å². The molecule has 1 saturated carbocycles. The molecule has 1 atom stereocenters. The van der Waals surface area contributed by atoms with Gasteiger partial charge >= 0.3 is 0 Å². The molecule has 0 radical (unpaired) electrons. The molecule has 17 heavy (non-hydrogen) atoms. The second-order valence-corrected chi connectivity index (χ2v) is 5.06. The van der Waals surface area contributed by atoms with E-state index >= 15 is 0 Å². The third-order valence-electron chi connectivity index (χ3n) is 3.22. The molecule has 0 aromatic heterocycles. The van der Waals surface area contributed by atoms with E-state index in [9.17, 15) is 8.78 Å². The van der Waals surface area contributed by atoms with Crippen LogP contribution in [0, 0.1) is 17.6 Å². The fraction of sp³-hybridized carbons (Fsp3) is 0.571. The third kappa shape index (κ3) is 4.08. The minimum absolute atomic E-state index is 0.298. The third-order valence-corrected chi connectivity index (χ3v) is 3.22. The summed E-state index contributed by atoms with van der Waals surface area (Å²) in [6, 6.07) is 4.39. The van der Waals surface area contributed by atoms with Crippen molar-refractivity contribution in [2.24, 2.45) is 5.92 Å². The van der Waals surface area contributed by atoms with Crippen molar-refractivity contribution in [2.45, 2.75) is 38.6 Å². The normalized spacial score (nSPS) is 17.1. The van der Waals surface area contributed by atoms with Crippen molar-refractivity contribution in [3.8, 4) is 0 Å². The smallest absolute Gasteiger partial charge is 0.126 e. The molecule has 1 aromatic rings. The molecule has 0 aliphatic heterocycles. The molecule has 1 fully saturated rings. The Morgan fingerprint density at radius 3 is 2.82 bits per heavy atom. The van der Waals surface area contributed by atoms with Crippen LogP contribution < -0.4 is 5.32 Å². The summed E-state index contributed by atoms with van der Waals surface area (Å²) < 4.78 is 26.4. The van der Waals surface area contributed by atoms with Gasteiger partial charge in [-0.3, -0.25) is 0 Å². The first-order valence-corrected chi connectivity index (χ1v) is 6.32. The molecule has 1 aliphatic rings. The molecule has 1 unspecified atom stereocenters. The lowest BCUT2D eigenvalue weighted by Gasteiger charge is -2.12. The molecule has 94 valence electrons. The topological polar surface area (TPSA) is 12.0 Å². The number of nitrogens with one attached hydrogen (secondary N) is 1. The van der Waals surface area contributed by atoms with E-state index in [1.54, 1.807) is 0 Å². The summed E-state index contributed by atoms with van der Waals surface area (Å²) in [7, 11) is 0. The van der Waals surface area contributed by atoms with E-state index in [0.717, 1.165) is 19.0 Å². The standard InChI is InChI=1S/C14H19F2N/c1-10(6-7-17-13-3-4-13)8-11-9-12(15)2-5-14(11)16/h2,5,9-10,13,17H,3-4,6-8H2,1H3. The molecule has 0 saturated heterocycles. The minimum atomic E-state index is -0.357. The van der Waals surface area contributed by atoms with Crippen molar-refractivity contribution >= 4 is 0 Å². The summed E-state index contributed by atoms with van der Waals surface area (Å²) in [5.74, 6) is -0.282. The summed E-state index contributed by atoms with van der Waals surface area (Å²) in [6.07, 6.45) is 4.18. The summed E-state index contributed by atoms with van der Waals surface area (Å²) in [5.41, 5.74) is 0.490. The lowest BCUT2D eigenvalue weighted by atomic mass is 9.97. The molecule has 2 rings (SSSR count). The molecule has 0 amide bonds. The molecular formula is C14H19F2N. The summed E-state index contributed by atoms with van der Waals surface area (Å²) >= 11 is 0. The highest BCUT2D eigenvalue weighted by atomic mass is 19.1. The Morgan fingerprint density at radius 2 is 2.12 bits per heavy atom. The lowest BCUT2D eigenvalue weighted by molar-refractivity contribution is 0.482. The van der Waals surface area contributed by atoms with E-state index in [4.69, 9.17) is 0 Å². The Balaban J connectivity index is 1.79. The van der Waals surface area contributed by atoms with E-state index in [1.165, 1.54) is 25.0 Å². The van der Waals surface area contributed by atoms with Crippen LogP contribution in [-0.2, 0) is 6.42 Å². The van der Waals surface area contributed by atoms with Gasteiger partial charge in [0, 0.05) is 6.04 Å². The molecule has 0 bridgehead atoms. The highest BCUT2D eigenvalue weighted by Gasteiger charge is 2.20. The predicted octanol–water partition coefficient (Wildman–Crippen LogP) is 3.29. The monoisotopic (exact) mass is 239 g/mol. The van der Waals surface area contributed by atoms with Crippen LogP contribution >= 0.6 is 0 Å². The Morgan fingerprint density at radius 1 is 1.35 bits per heavy atom. The van der Waals surface area contributed by atoms with Gasteiger partial charge in [0.25, 0.3) is 0 Å². The van der Waals surface area contributed by atoms with Gasteiger partial charge in [0.05, 0.1) is 0 Å². The van der Waals surface area contributed by atoms with Gasteiger partial charge < -0.3 is 5.32 Å². The van der Waals surface area contributed by atoms with Gasteiger partial charge in [0.2, 0.25) is 0 Å². The van der Waals surface area contributed by atoms with E-state index in [-0.39, 0.29) is 11.6 Å². The van der Waals surface area contributed by atoms with E-state index in [2.05, 4.69) is 12.2 Å². The molecule has 1 N–H and O–H groups in total. The summed E-state index contributed by atoms with van der Waals surface area (Å²) in [4.78, 5) is 0. The first-order chi connectivity index (χ1) is 8.15. The van der Waals surface area contributed by atoms with Gasteiger partial charge in [0.15, 0.2) is 0 Å². The van der Waals surface area contributed by atoms with Crippen molar-refractivity contribution in [3.05, 3.63) is 35.4 Å². The first-order valence-electron chi connectivity index (χ1n) is 6.32. The molecular weight excluding hydrogens is 220 g/mol. The van der Waals surface area contributed by atoms with Crippen LogP contribution in [0.25, 0.3) is 0 Å². The predicted molar refractivity (Wildman–Crippen MR) is 64.9 cm³/mol. The summed E-state index contributed by atoms with van der Waals surface area (Å²) in [6.45, 7) is 3.06. The number of halogens is 2. The lowest BCUT2D eigenvalue weighted by Crippen LogP contribution is -2.20. The number of hydrogen-bond acceptors (Lipinski definition) is 1. The fourth-order valence-electron chi connectivity index (χ4n) is 2.00. The number of benzene rings is 1. The van der Waals surface area contributed by atoms with E-state index in [1.807, 2.05) is 0 Å². The van der Waals surface area contributed by atoms with Crippen LogP contribution in [0.5, 0.6) is 0 Å². The van der Waals surface area contributed by atoms with Crippen LogP contribution in [-0.4, -0.2) is 12.6 Å². The quantitative estimate of drug-likeness (QED) is 0.803. The van der Waals surface area contributed by atoms with Crippen molar-refractivity contribution < 1.29 is 8.78 Å². The second-order valence-electron chi connectivity index (χ2n) is 5.06. The van der Waals surface area contributed by atoms with Gasteiger partial charge in [-0.15, -0.1) is 0 Å². The number of rotatable bonds is 6. The van der Waals surface area contributed by atoms with Crippen LogP contribution in [0.2, 0.25) is 0 Å². The van der Waals surface area contributed by atoms with E-state index < -0.39 is 0 Å². The maximum Gasteiger partial charge on any atom is 0.126 e. The van der Waals surface area contributed by atoms with Crippen LogP contribution in [0.1, 0.15) is 31.7 Å². The highest BCUT2D eigenvalue weighted by molar-refractivity contribution is 5.19. The van der Waals surface area contributed by atoms with E-state index in [0.29, 0.717) is 23.9 Å². The van der Waals surface area contributed by atoms with Gasteiger partial charge in [-0.05, 0) is 61.9 Å². The van der Waals surface area contributed by atoms with Gasteiger partial charge in [0.1, 0.15) is 11.6 Å². The van der Waals surface area contributed by atoms with Gasteiger partial charge in [-0.25, -0.2) is 8.78 Å². The second kappa shape index (κ2) is 5.58. The largest absolute Gasteiger partial charge is 0.314 e. The zero-order valence-electron chi connectivity index (χ0n) is 10.2. The molecule has 1 nitrogen and oxygen atoms in total. The maximum absolute atomic E-state index is 13.4. The minimum Gasteiger partial charge on any atom is -0.314 e. The molecule has 0 heterocycles. The molecule has 0 spiro atoms. The Bertz CT molecular complexity index is 374. The SMILES string of the molecule is CC(CCNC1CC1)Cc1cc(F)ccc1F. The fourth-order valence-corrected chi connectivity index (χ4v) is 2.00. The number of hydrogen-bond donors (Lipinski definition) is 1. The maximum atomic E-state index is 13.4. The molecule has 1 aliphatic carbocycles. The van der Waals surface area contributed by atoms with Crippen molar-refractivity contribution in [3.63, 3.8) is 0 Å². The molecule has 1 aromatic carbocycles. The Labute approximate surface area is 101 Å². The average Bonchev–Trinajstić information content (AvgIpc) is 3.07. The first kappa shape index (κ1) is 12.5. The molecule has 3 heteroatoms. The van der Waals surface area contributed by atoms with Crippen LogP contribution in [0.15, 0.2) is 18.2 Å².